The topological polar surface area (TPSA) is 75.3 Å². The maximum Gasteiger partial charge on any atom is 0.240 e. The van der Waals surface area contributed by atoms with E-state index in [9.17, 15) is 4.79 Å². The Kier molecular flexibility index (Phi) is 5.22. The summed E-state index contributed by atoms with van der Waals surface area (Å²) in [5, 5.41) is 11.7. The zero-order valence-corrected chi connectivity index (χ0v) is 10.2. The number of carbonyl (C=O) groups is 1. The molecule has 4 nitrogen and oxygen atoms in total. The Morgan fingerprint density at radius 3 is 2.69 bits per heavy atom. The van der Waals surface area contributed by atoms with Crippen LogP contribution in [-0.2, 0) is 4.79 Å². The number of carbonyl (C=O) groups excluding carboxylic acids is 1. The molecule has 0 aromatic heterocycles. The number of amides is 1. The summed E-state index contributed by atoms with van der Waals surface area (Å²) in [4.78, 5) is 11.8. The van der Waals surface area contributed by atoms with Gasteiger partial charge < -0.3 is 16.2 Å². The van der Waals surface area contributed by atoms with Crippen molar-refractivity contribution in [1.29, 1.82) is 0 Å². The van der Waals surface area contributed by atoms with E-state index in [2.05, 4.69) is 5.32 Å². The van der Waals surface area contributed by atoms with Gasteiger partial charge in [0.25, 0.3) is 0 Å². The third-order valence-electron chi connectivity index (χ3n) is 3.42. The molecule has 1 unspecified atom stereocenters. The molecule has 0 aromatic rings. The largest absolute Gasteiger partial charge is 0.396 e. The molecule has 1 atom stereocenters. The van der Waals surface area contributed by atoms with Crippen molar-refractivity contribution in [3.63, 3.8) is 0 Å². The van der Waals surface area contributed by atoms with Crippen LogP contribution in [0.3, 0.4) is 0 Å². The second kappa shape index (κ2) is 6.21. The third-order valence-corrected chi connectivity index (χ3v) is 3.42. The molecule has 0 heterocycles. The summed E-state index contributed by atoms with van der Waals surface area (Å²) in [6.07, 6.45) is 5.59. The molecule has 94 valence electrons. The van der Waals surface area contributed by atoms with Crippen LogP contribution in [0.2, 0.25) is 0 Å². The van der Waals surface area contributed by atoms with Crippen molar-refractivity contribution in [2.75, 3.05) is 13.2 Å². The highest BCUT2D eigenvalue weighted by Gasteiger charge is 2.36. The van der Waals surface area contributed by atoms with Gasteiger partial charge in [-0.1, -0.05) is 19.8 Å². The van der Waals surface area contributed by atoms with Crippen LogP contribution in [0.4, 0.5) is 0 Å². The lowest BCUT2D eigenvalue weighted by Crippen LogP contribution is -2.52. The van der Waals surface area contributed by atoms with Crippen LogP contribution in [0, 0.1) is 5.92 Å². The van der Waals surface area contributed by atoms with Gasteiger partial charge in [0.1, 0.15) is 0 Å². The van der Waals surface area contributed by atoms with Gasteiger partial charge >= 0.3 is 0 Å². The highest BCUT2D eigenvalue weighted by Crippen LogP contribution is 2.27. The molecule has 1 aliphatic carbocycles. The van der Waals surface area contributed by atoms with E-state index in [1.54, 1.807) is 0 Å². The van der Waals surface area contributed by atoms with E-state index in [1.165, 1.54) is 0 Å². The van der Waals surface area contributed by atoms with E-state index >= 15 is 0 Å². The molecule has 16 heavy (non-hydrogen) atoms. The molecule has 0 spiro atoms. The number of nitrogens with one attached hydrogen (secondary N) is 1. The number of hydrogen-bond donors (Lipinski definition) is 3. The summed E-state index contributed by atoms with van der Waals surface area (Å²) in [5.74, 6) is 0.317. The quantitative estimate of drug-likeness (QED) is 0.588. The zero-order chi connectivity index (χ0) is 12.0. The van der Waals surface area contributed by atoms with E-state index in [0.29, 0.717) is 12.5 Å². The first-order chi connectivity index (χ1) is 7.58. The maximum absolute atomic E-state index is 11.8. The minimum atomic E-state index is -0.609. The Labute approximate surface area is 97.6 Å². The lowest BCUT2D eigenvalue weighted by molar-refractivity contribution is -0.126. The first-order valence-corrected chi connectivity index (χ1v) is 6.26. The molecule has 1 saturated carbocycles. The molecule has 1 fully saturated rings. The van der Waals surface area contributed by atoms with Crippen molar-refractivity contribution in [3.8, 4) is 0 Å². The lowest BCUT2D eigenvalue weighted by atomic mass is 9.98. The van der Waals surface area contributed by atoms with Gasteiger partial charge in [0, 0.05) is 13.2 Å². The molecular weight excluding hydrogens is 204 g/mol. The minimum Gasteiger partial charge on any atom is -0.396 e. The van der Waals surface area contributed by atoms with Crippen molar-refractivity contribution in [2.45, 2.75) is 51.0 Å². The SMILES string of the molecule is CC(CO)CCCNC(=O)C1(N)CCCC1. The van der Waals surface area contributed by atoms with Gasteiger partial charge in [0.15, 0.2) is 0 Å². The minimum absolute atomic E-state index is 0.00153. The van der Waals surface area contributed by atoms with Crippen molar-refractivity contribution in [3.05, 3.63) is 0 Å². The normalized spacial score (nSPS) is 20.7. The molecule has 4 heteroatoms. The van der Waals surface area contributed by atoms with Crippen molar-refractivity contribution in [2.24, 2.45) is 11.7 Å². The van der Waals surface area contributed by atoms with E-state index in [4.69, 9.17) is 10.8 Å². The zero-order valence-electron chi connectivity index (χ0n) is 10.2. The third kappa shape index (κ3) is 3.76. The fourth-order valence-corrected chi connectivity index (χ4v) is 2.15. The Morgan fingerprint density at radius 1 is 1.50 bits per heavy atom. The first-order valence-electron chi connectivity index (χ1n) is 6.26. The second-order valence-electron chi connectivity index (χ2n) is 5.05. The van der Waals surface area contributed by atoms with Crippen LogP contribution in [0.1, 0.15) is 45.4 Å². The van der Waals surface area contributed by atoms with Crippen LogP contribution in [0.25, 0.3) is 0 Å². The summed E-state index contributed by atoms with van der Waals surface area (Å²) in [7, 11) is 0. The van der Waals surface area contributed by atoms with E-state index in [0.717, 1.165) is 38.5 Å². The summed E-state index contributed by atoms with van der Waals surface area (Å²) in [6.45, 7) is 2.89. The van der Waals surface area contributed by atoms with Crippen molar-refractivity contribution < 1.29 is 9.90 Å². The standard InChI is InChI=1S/C12H24N2O2/c1-10(9-15)5-4-8-14-11(16)12(13)6-2-3-7-12/h10,15H,2-9,13H2,1H3,(H,14,16). The number of hydrogen-bond acceptors (Lipinski definition) is 3. The van der Waals surface area contributed by atoms with Gasteiger partial charge in [-0.05, 0) is 31.6 Å². The summed E-state index contributed by atoms with van der Waals surface area (Å²) >= 11 is 0. The second-order valence-corrected chi connectivity index (χ2v) is 5.05. The van der Waals surface area contributed by atoms with Gasteiger partial charge in [-0.25, -0.2) is 0 Å². The molecule has 1 rings (SSSR count). The number of aliphatic hydroxyl groups is 1. The number of nitrogens with two attached hydrogens (primary N) is 1. The van der Waals surface area contributed by atoms with Gasteiger partial charge in [-0.2, -0.15) is 0 Å². The molecule has 0 aromatic carbocycles. The van der Waals surface area contributed by atoms with Crippen LogP contribution in [-0.4, -0.2) is 29.7 Å². The Bertz CT molecular complexity index is 225. The van der Waals surface area contributed by atoms with Gasteiger partial charge in [-0.15, -0.1) is 0 Å². The molecule has 0 aliphatic heterocycles. The average Bonchev–Trinajstić information content (AvgIpc) is 2.72. The Hall–Kier alpha value is -0.610. The lowest BCUT2D eigenvalue weighted by Gasteiger charge is -2.22. The van der Waals surface area contributed by atoms with E-state index < -0.39 is 5.54 Å². The van der Waals surface area contributed by atoms with Gasteiger partial charge in [-0.3, -0.25) is 4.79 Å². The van der Waals surface area contributed by atoms with Crippen LogP contribution >= 0.6 is 0 Å². The summed E-state index contributed by atoms with van der Waals surface area (Å²) in [5.41, 5.74) is 5.41. The fraction of sp³-hybridized carbons (Fsp3) is 0.917. The Balaban J connectivity index is 2.15. The van der Waals surface area contributed by atoms with Crippen molar-refractivity contribution in [1.82, 2.24) is 5.32 Å². The smallest absolute Gasteiger partial charge is 0.240 e. The van der Waals surface area contributed by atoms with Crippen LogP contribution in [0.15, 0.2) is 0 Å². The molecule has 0 radical (unpaired) electrons. The molecule has 0 bridgehead atoms. The van der Waals surface area contributed by atoms with Gasteiger partial charge in [0.05, 0.1) is 5.54 Å². The predicted molar refractivity (Wildman–Crippen MR) is 63.9 cm³/mol. The van der Waals surface area contributed by atoms with Crippen LogP contribution in [0.5, 0.6) is 0 Å². The maximum atomic E-state index is 11.8. The highest BCUT2D eigenvalue weighted by atomic mass is 16.3. The van der Waals surface area contributed by atoms with Crippen molar-refractivity contribution >= 4 is 5.91 Å². The molecular formula is C12H24N2O2. The van der Waals surface area contributed by atoms with E-state index in [-0.39, 0.29) is 12.5 Å². The summed E-state index contributed by atoms with van der Waals surface area (Å²) < 4.78 is 0. The Morgan fingerprint density at radius 2 is 2.12 bits per heavy atom. The highest BCUT2D eigenvalue weighted by molar-refractivity contribution is 5.86. The van der Waals surface area contributed by atoms with E-state index in [1.807, 2.05) is 6.92 Å². The van der Waals surface area contributed by atoms with Gasteiger partial charge in [0.2, 0.25) is 5.91 Å². The number of aliphatic hydroxyl groups excluding tert-OH is 1. The van der Waals surface area contributed by atoms with Crippen LogP contribution < -0.4 is 11.1 Å². The fourth-order valence-electron chi connectivity index (χ4n) is 2.15. The number of rotatable bonds is 6. The predicted octanol–water partition coefficient (Wildman–Crippen LogP) is 0.783. The summed E-state index contributed by atoms with van der Waals surface area (Å²) in [6, 6.07) is 0. The molecule has 0 saturated heterocycles. The molecule has 4 N–H and O–H groups in total. The molecule has 1 aliphatic rings. The first kappa shape index (κ1) is 13.5. The average molecular weight is 228 g/mol. The monoisotopic (exact) mass is 228 g/mol. The molecule has 1 amide bonds.